The molecule has 1 fully saturated rings. The van der Waals surface area contributed by atoms with Crippen molar-refractivity contribution < 1.29 is 0 Å². The molecule has 0 amide bonds. The van der Waals surface area contributed by atoms with Gasteiger partial charge >= 0.3 is 0 Å². The number of aryl methyl sites for hydroxylation is 1. The van der Waals surface area contributed by atoms with Gasteiger partial charge in [-0.2, -0.15) is 0 Å². The first-order chi connectivity index (χ1) is 11.1. The summed E-state index contributed by atoms with van der Waals surface area (Å²) in [6, 6.07) is 9.67. The number of amidine groups is 1. The average Bonchev–Trinajstić information content (AvgIpc) is 2.90. The van der Waals surface area contributed by atoms with E-state index < -0.39 is 0 Å². The van der Waals surface area contributed by atoms with Crippen molar-refractivity contribution in [1.82, 2.24) is 9.80 Å². The van der Waals surface area contributed by atoms with Crippen LogP contribution in [0.2, 0.25) is 0 Å². The van der Waals surface area contributed by atoms with Crippen molar-refractivity contribution in [3.05, 3.63) is 46.0 Å². The number of benzene rings is 1. The molecule has 2 aliphatic rings. The Morgan fingerprint density at radius 3 is 2.65 bits per heavy atom. The van der Waals surface area contributed by atoms with Crippen LogP contribution in [0.3, 0.4) is 0 Å². The lowest BCUT2D eigenvalue weighted by molar-refractivity contribution is 0.216. The predicted molar refractivity (Wildman–Crippen MR) is 96.3 cm³/mol. The summed E-state index contributed by atoms with van der Waals surface area (Å²) < 4.78 is 0. The molecule has 5 nitrogen and oxygen atoms in total. The Labute approximate surface area is 140 Å². The van der Waals surface area contributed by atoms with Gasteiger partial charge in [0.25, 0.3) is 0 Å². The van der Waals surface area contributed by atoms with E-state index in [2.05, 4.69) is 22.9 Å². The van der Waals surface area contributed by atoms with Gasteiger partial charge in [-0.05, 0) is 32.2 Å². The third-order valence-corrected chi connectivity index (χ3v) is 5.41. The van der Waals surface area contributed by atoms with Crippen molar-refractivity contribution in [2.75, 3.05) is 38.3 Å². The molecule has 0 aliphatic carbocycles. The molecule has 0 bridgehead atoms. The predicted octanol–water partition coefficient (Wildman–Crippen LogP) is 3.33. The number of aliphatic imine (C=N–C) groups is 1. The Morgan fingerprint density at radius 2 is 1.87 bits per heavy atom. The number of hydrogen-bond acceptors (Lipinski definition) is 6. The van der Waals surface area contributed by atoms with Crippen molar-refractivity contribution in [2.45, 2.75) is 6.92 Å². The van der Waals surface area contributed by atoms with E-state index in [9.17, 15) is 5.21 Å². The summed E-state index contributed by atoms with van der Waals surface area (Å²) in [5.41, 5.74) is 2.33. The molecule has 1 aromatic heterocycles. The van der Waals surface area contributed by atoms with Crippen LogP contribution >= 0.6 is 11.3 Å². The molecule has 2 aliphatic heterocycles. The van der Waals surface area contributed by atoms with Crippen LogP contribution in [-0.4, -0.2) is 48.9 Å². The van der Waals surface area contributed by atoms with E-state index in [1.165, 1.54) is 11.3 Å². The van der Waals surface area contributed by atoms with Crippen LogP contribution in [0.5, 0.6) is 0 Å². The first-order valence-electron chi connectivity index (χ1n) is 7.83. The number of hydrogen-bond donors (Lipinski definition) is 0. The molecular formula is C17H19N4OS-. The summed E-state index contributed by atoms with van der Waals surface area (Å²) in [6.07, 6.45) is 0. The minimum atomic E-state index is 0.625. The lowest BCUT2D eigenvalue weighted by atomic mass is 10.2. The van der Waals surface area contributed by atoms with E-state index in [0.29, 0.717) is 5.69 Å². The Morgan fingerprint density at radius 1 is 1.13 bits per heavy atom. The van der Waals surface area contributed by atoms with Crippen LogP contribution in [0, 0.1) is 12.1 Å². The van der Waals surface area contributed by atoms with Crippen LogP contribution in [0.1, 0.15) is 10.4 Å². The van der Waals surface area contributed by atoms with Crippen molar-refractivity contribution in [3.63, 3.8) is 0 Å². The second kappa shape index (κ2) is 5.63. The molecule has 0 radical (unpaired) electrons. The number of fused-ring (bicyclic) bond motifs is 2. The van der Waals surface area contributed by atoms with Crippen LogP contribution in [0.25, 0.3) is 0 Å². The Kier molecular flexibility index (Phi) is 3.60. The largest absolute Gasteiger partial charge is 0.753 e. The van der Waals surface area contributed by atoms with E-state index in [-0.39, 0.29) is 0 Å². The summed E-state index contributed by atoms with van der Waals surface area (Å²) in [7, 11) is 2.14. The minimum absolute atomic E-state index is 0.625. The highest BCUT2D eigenvalue weighted by Crippen LogP contribution is 2.43. The van der Waals surface area contributed by atoms with Gasteiger partial charge < -0.3 is 20.1 Å². The number of anilines is 2. The zero-order valence-corrected chi connectivity index (χ0v) is 14.1. The van der Waals surface area contributed by atoms with Crippen LogP contribution in [0.4, 0.5) is 16.4 Å². The van der Waals surface area contributed by atoms with Crippen LogP contribution in [0.15, 0.2) is 35.3 Å². The number of piperazine rings is 1. The van der Waals surface area contributed by atoms with Crippen molar-refractivity contribution in [2.24, 2.45) is 4.99 Å². The molecule has 0 saturated carbocycles. The SMILES string of the molecule is Cc1cc2c(s1)N([O-])c1ccccc1N=C2N1CCN(C)CC1. The standard InChI is InChI=1S/C17H19N4OS/c1-12-11-13-16(20-9-7-19(2)8-10-20)18-14-5-3-4-6-15(14)21(22)17(13)23-12/h3-6,11H,7-10H2,1-2H3/q-1. The molecule has 4 rings (SSSR count). The molecule has 0 N–H and O–H groups in total. The van der Waals surface area contributed by atoms with E-state index >= 15 is 0 Å². The molecule has 1 aromatic carbocycles. The van der Waals surface area contributed by atoms with Gasteiger partial charge in [0.15, 0.2) is 0 Å². The maximum atomic E-state index is 12.8. The Bertz CT molecular complexity index is 762. The maximum Gasteiger partial charge on any atom is 0.139 e. The zero-order chi connectivity index (χ0) is 16.0. The summed E-state index contributed by atoms with van der Waals surface area (Å²) >= 11 is 1.54. The van der Waals surface area contributed by atoms with Crippen molar-refractivity contribution in [3.8, 4) is 0 Å². The fourth-order valence-electron chi connectivity index (χ4n) is 3.09. The molecule has 2 aromatic rings. The molecule has 23 heavy (non-hydrogen) atoms. The number of likely N-dealkylation sites (N-methyl/N-ethyl adjacent to an activating group) is 1. The lowest BCUT2D eigenvalue weighted by Crippen LogP contribution is -2.47. The van der Waals surface area contributed by atoms with Gasteiger partial charge in [0.05, 0.1) is 21.9 Å². The molecule has 120 valence electrons. The lowest BCUT2D eigenvalue weighted by Gasteiger charge is -2.35. The van der Waals surface area contributed by atoms with Gasteiger partial charge in [-0.3, -0.25) is 0 Å². The summed E-state index contributed by atoms with van der Waals surface area (Å²) in [5.74, 6) is 0.934. The second-order valence-electron chi connectivity index (χ2n) is 6.08. The smallest absolute Gasteiger partial charge is 0.139 e. The molecular weight excluding hydrogens is 308 g/mol. The van der Waals surface area contributed by atoms with E-state index in [4.69, 9.17) is 4.99 Å². The number of nitrogens with zero attached hydrogens (tertiary/aromatic N) is 4. The monoisotopic (exact) mass is 327 g/mol. The molecule has 3 heterocycles. The summed E-state index contributed by atoms with van der Waals surface area (Å²) in [6.45, 7) is 5.94. The van der Waals surface area contributed by atoms with Gasteiger partial charge in [0.2, 0.25) is 0 Å². The average molecular weight is 327 g/mol. The van der Waals surface area contributed by atoms with Crippen molar-refractivity contribution >= 4 is 33.5 Å². The van der Waals surface area contributed by atoms with E-state index in [1.54, 1.807) is 0 Å². The number of rotatable bonds is 0. The highest BCUT2D eigenvalue weighted by Gasteiger charge is 2.26. The van der Waals surface area contributed by atoms with Gasteiger partial charge in [0.1, 0.15) is 5.84 Å². The fourth-order valence-corrected chi connectivity index (χ4v) is 4.01. The Hall–Kier alpha value is -1.89. The first kappa shape index (κ1) is 14.7. The van der Waals surface area contributed by atoms with E-state index in [0.717, 1.165) is 58.2 Å². The number of thiophene rings is 1. The van der Waals surface area contributed by atoms with Gasteiger partial charge in [0, 0.05) is 31.1 Å². The summed E-state index contributed by atoms with van der Waals surface area (Å²) in [5, 5.41) is 14.6. The van der Waals surface area contributed by atoms with E-state index in [1.807, 2.05) is 31.2 Å². The normalized spacial score (nSPS) is 18.3. The van der Waals surface area contributed by atoms with Gasteiger partial charge in [-0.25, -0.2) is 4.99 Å². The van der Waals surface area contributed by atoms with Crippen molar-refractivity contribution in [1.29, 1.82) is 0 Å². The highest BCUT2D eigenvalue weighted by atomic mass is 32.1. The maximum absolute atomic E-state index is 12.8. The highest BCUT2D eigenvalue weighted by molar-refractivity contribution is 7.16. The zero-order valence-electron chi connectivity index (χ0n) is 13.3. The van der Waals surface area contributed by atoms with Gasteiger partial charge in [-0.1, -0.05) is 12.1 Å². The second-order valence-corrected chi connectivity index (χ2v) is 7.32. The third-order valence-electron chi connectivity index (χ3n) is 4.39. The molecule has 0 spiro atoms. The molecule has 0 atom stereocenters. The molecule has 6 heteroatoms. The van der Waals surface area contributed by atoms with Crippen LogP contribution < -0.4 is 5.06 Å². The molecule has 0 unspecified atom stereocenters. The minimum Gasteiger partial charge on any atom is -0.753 e. The van der Waals surface area contributed by atoms with Crippen LogP contribution in [-0.2, 0) is 0 Å². The third kappa shape index (κ3) is 2.52. The molecule has 1 saturated heterocycles. The summed E-state index contributed by atoms with van der Waals surface area (Å²) in [4.78, 5) is 10.6. The number of para-hydroxylation sites is 2. The first-order valence-corrected chi connectivity index (χ1v) is 8.64. The fraction of sp³-hybridized carbons (Fsp3) is 0.353. The topological polar surface area (TPSA) is 45.1 Å². The van der Waals surface area contributed by atoms with Gasteiger partial charge in [-0.15, -0.1) is 11.3 Å². The Balaban J connectivity index is 1.85. The quantitative estimate of drug-likeness (QED) is 0.744.